The lowest BCUT2D eigenvalue weighted by atomic mass is 9.46. The van der Waals surface area contributed by atoms with Crippen LogP contribution in [0.3, 0.4) is 0 Å². The maximum absolute atomic E-state index is 11.9. The molecule has 43 heavy (non-hydrogen) atoms. The second-order valence-electron chi connectivity index (χ2n) is 16.7. The Kier molecular flexibility index (Phi) is 8.16. The molecule has 13 atom stereocenters. The van der Waals surface area contributed by atoms with Crippen LogP contribution in [-0.2, 0) is 23.7 Å². The predicted octanol–water partition coefficient (Wildman–Crippen LogP) is 4.85. The second-order valence-corrected chi connectivity index (χ2v) is 16.7. The van der Waals surface area contributed by atoms with Crippen LogP contribution in [0.4, 0.5) is 0 Å². The van der Waals surface area contributed by atoms with E-state index in [1.807, 2.05) is 0 Å². The summed E-state index contributed by atoms with van der Waals surface area (Å²) in [6.45, 7) is 14.6. The monoisotopic (exact) mass is 606 g/mol. The van der Waals surface area contributed by atoms with Crippen molar-refractivity contribution in [2.75, 3.05) is 19.8 Å². The summed E-state index contributed by atoms with van der Waals surface area (Å²) in [6.07, 6.45) is 8.68. The molecule has 0 aromatic rings. The average molecular weight is 607 g/mol. The van der Waals surface area contributed by atoms with Crippen molar-refractivity contribution in [3.05, 3.63) is 0 Å². The molecule has 0 aromatic carbocycles. The van der Waals surface area contributed by atoms with Gasteiger partial charge < -0.3 is 34.3 Å². The minimum absolute atomic E-state index is 0.0230. The number of rotatable bonds is 9. The molecule has 0 amide bonds. The first-order valence-electron chi connectivity index (χ1n) is 17.2. The first-order chi connectivity index (χ1) is 20.2. The number of aliphatic hydroxyl groups is 3. The van der Waals surface area contributed by atoms with Crippen molar-refractivity contribution in [3.63, 3.8) is 0 Å². The third kappa shape index (κ3) is 4.62. The highest BCUT2D eigenvalue weighted by atomic mass is 16.7. The molecule has 8 heteroatoms. The Balaban J connectivity index is 1.21. The third-order valence-corrected chi connectivity index (χ3v) is 14.4. The number of carbonyl (C=O) groups excluding carboxylic acids is 1. The van der Waals surface area contributed by atoms with Gasteiger partial charge in [-0.1, -0.05) is 27.7 Å². The molecule has 3 N–H and O–H groups in total. The number of aliphatic hydroxyl groups excluding tert-OH is 2. The van der Waals surface area contributed by atoms with E-state index >= 15 is 0 Å². The molecule has 0 radical (unpaired) electrons. The van der Waals surface area contributed by atoms with Crippen molar-refractivity contribution in [3.8, 4) is 0 Å². The lowest BCUT2D eigenvalue weighted by molar-refractivity contribution is -0.239. The Labute approximate surface area is 258 Å². The van der Waals surface area contributed by atoms with Gasteiger partial charge >= 0.3 is 5.97 Å². The summed E-state index contributed by atoms with van der Waals surface area (Å²) in [6, 6.07) is 0. The molecule has 0 bridgehead atoms. The van der Waals surface area contributed by atoms with Gasteiger partial charge in [-0.25, -0.2) is 0 Å². The van der Waals surface area contributed by atoms with E-state index in [4.69, 9.17) is 18.9 Å². The van der Waals surface area contributed by atoms with Crippen molar-refractivity contribution >= 4 is 5.97 Å². The molecule has 5 saturated carbocycles. The van der Waals surface area contributed by atoms with E-state index in [0.717, 1.165) is 25.7 Å². The number of esters is 1. The summed E-state index contributed by atoms with van der Waals surface area (Å²) in [5, 5.41) is 30.0. The zero-order valence-corrected chi connectivity index (χ0v) is 27.6. The van der Waals surface area contributed by atoms with E-state index in [1.165, 1.54) is 39.0 Å². The number of hydrogen-bond acceptors (Lipinski definition) is 8. The van der Waals surface area contributed by atoms with Crippen LogP contribution < -0.4 is 0 Å². The maximum atomic E-state index is 11.9. The smallest absolute Gasteiger partial charge is 0.303 e. The van der Waals surface area contributed by atoms with Gasteiger partial charge in [-0.2, -0.15) is 0 Å². The maximum Gasteiger partial charge on any atom is 0.303 e. The predicted molar refractivity (Wildman–Crippen MR) is 161 cm³/mol. The Bertz CT molecular complexity index is 1050. The molecule has 0 aromatic heterocycles. The van der Waals surface area contributed by atoms with Crippen molar-refractivity contribution in [2.45, 2.75) is 143 Å². The van der Waals surface area contributed by atoms with Crippen LogP contribution in [0.25, 0.3) is 0 Å². The van der Waals surface area contributed by atoms with Gasteiger partial charge in [0.05, 0.1) is 43.7 Å². The van der Waals surface area contributed by atoms with Crippen LogP contribution in [0.15, 0.2) is 0 Å². The zero-order valence-electron chi connectivity index (χ0n) is 27.6. The molecular weight excluding hydrogens is 548 g/mol. The lowest BCUT2D eigenvalue weighted by Crippen LogP contribution is -2.55. The Hall–Kier alpha value is -0.770. The Morgan fingerprint density at radius 1 is 0.977 bits per heavy atom. The molecule has 8 nitrogen and oxygen atoms in total. The van der Waals surface area contributed by atoms with Gasteiger partial charge in [-0.05, 0) is 123 Å². The summed E-state index contributed by atoms with van der Waals surface area (Å²) in [5.41, 5.74) is -0.192. The van der Waals surface area contributed by atoms with Crippen LogP contribution in [0.1, 0.15) is 106 Å². The first kappa shape index (κ1) is 32.2. The molecule has 13 unspecified atom stereocenters. The van der Waals surface area contributed by atoms with Gasteiger partial charge in [0, 0.05) is 6.92 Å². The van der Waals surface area contributed by atoms with Gasteiger partial charge in [0.1, 0.15) is 0 Å². The van der Waals surface area contributed by atoms with Crippen LogP contribution in [-0.4, -0.2) is 77.4 Å². The summed E-state index contributed by atoms with van der Waals surface area (Å²) < 4.78 is 24.5. The van der Waals surface area contributed by atoms with E-state index in [2.05, 4.69) is 27.7 Å². The minimum Gasteiger partial charge on any atom is -0.457 e. The minimum atomic E-state index is -1.16. The Morgan fingerprint density at radius 3 is 2.35 bits per heavy atom. The van der Waals surface area contributed by atoms with Gasteiger partial charge in [0.15, 0.2) is 12.4 Å². The van der Waals surface area contributed by atoms with Gasteiger partial charge in [0.25, 0.3) is 0 Å². The van der Waals surface area contributed by atoms with Crippen molar-refractivity contribution < 1.29 is 39.1 Å². The number of fused-ring (bicyclic) bond motifs is 4. The average Bonchev–Trinajstić information content (AvgIpc) is 3.32. The molecular formula is C35H58O8. The molecule has 6 fully saturated rings. The third-order valence-electron chi connectivity index (χ3n) is 14.4. The van der Waals surface area contributed by atoms with Gasteiger partial charge in [-0.15, -0.1) is 0 Å². The molecule has 1 aliphatic heterocycles. The summed E-state index contributed by atoms with van der Waals surface area (Å²) in [7, 11) is 0. The fraction of sp³-hybridized carbons (Fsp3) is 0.971. The molecule has 6 rings (SSSR count). The molecule has 2 spiro atoms. The van der Waals surface area contributed by atoms with Crippen molar-refractivity contribution in [1.29, 1.82) is 0 Å². The standard InChI is InChI=1S/C35H58O8/c1-20-34-15-14-33(7)23-8-10-25(30(32(5,6)39)41-21(2)38)42-26(23)18-24(33)22(34)9-11-27-31(3,4)28(12-13-35(20,27)34)43-29(19-37)40-17-16-36/h20,22-30,36-37,39H,8-19H2,1-7H3. The van der Waals surface area contributed by atoms with E-state index in [-0.39, 0.29) is 54.9 Å². The number of hydrogen-bond donors (Lipinski definition) is 3. The summed E-state index contributed by atoms with van der Waals surface area (Å²) >= 11 is 0. The summed E-state index contributed by atoms with van der Waals surface area (Å²) in [5.74, 6) is 2.76. The normalized spacial score (nSPS) is 47.7. The molecule has 1 heterocycles. The fourth-order valence-electron chi connectivity index (χ4n) is 12.8. The van der Waals surface area contributed by atoms with Crippen molar-refractivity contribution in [2.24, 2.45) is 51.2 Å². The van der Waals surface area contributed by atoms with Crippen LogP contribution in [0.5, 0.6) is 0 Å². The lowest BCUT2D eigenvalue weighted by Gasteiger charge is -2.59. The topological polar surface area (TPSA) is 115 Å². The highest BCUT2D eigenvalue weighted by Crippen LogP contribution is 2.89. The SMILES string of the molecule is CC(=O)OC(C1CCC2C(CC3C4CCC5C(C)(C)C(OC(CO)OCCO)CCC56C(C)C46CCC23C)O1)C(C)(C)O. The van der Waals surface area contributed by atoms with E-state index in [1.54, 1.807) is 13.8 Å². The van der Waals surface area contributed by atoms with Crippen LogP contribution in [0, 0.1) is 51.2 Å². The van der Waals surface area contributed by atoms with Crippen molar-refractivity contribution in [1.82, 2.24) is 0 Å². The number of carbonyl (C=O) groups is 1. The molecule has 246 valence electrons. The first-order valence-corrected chi connectivity index (χ1v) is 17.2. The highest BCUT2D eigenvalue weighted by molar-refractivity contribution is 5.66. The fourth-order valence-corrected chi connectivity index (χ4v) is 12.8. The summed E-state index contributed by atoms with van der Waals surface area (Å²) in [4.78, 5) is 11.9. The van der Waals surface area contributed by atoms with E-state index < -0.39 is 18.0 Å². The number of ether oxygens (including phenoxy) is 4. The molecule has 1 saturated heterocycles. The largest absolute Gasteiger partial charge is 0.457 e. The van der Waals surface area contributed by atoms with Crippen LogP contribution >= 0.6 is 0 Å². The van der Waals surface area contributed by atoms with Gasteiger partial charge in [-0.3, -0.25) is 4.79 Å². The van der Waals surface area contributed by atoms with E-state index in [0.29, 0.717) is 40.4 Å². The highest BCUT2D eigenvalue weighted by Gasteiger charge is 2.84. The molecule has 5 aliphatic carbocycles. The quantitative estimate of drug-likeness (QED) is 0.252. The van der Waals surface area contributed by atoms with E-state index in [9.17, 15) is 20.1 Å². The van der Waals surface area contributed by atoms with Crippen LogP contribution in [0.2, 0.25) is 0 Å². The second kappa shape index (κ2) is 10.9. The van der Waals surface area contributed by atoms with Gasteiger partial charge in [0.2, 0.25) is 0 Å². The zero-order chi connectivity index (χ0) is 31.2. The molecule has 6 aliphatic rings. The Morgan fingerprint density at radius 2 is 1.70 bits per heavy atom.